The molecule has 2 rings (SSSR count). The fraction of sp³-hybridized carbons (Fsp3) is 0.286. The first kappa shape index (κ1) is 17.0. The SMILES string of the molecule is CCc1ccc(/C=C(\C#N)c2ccc(C(C)(C)CN)cc2)cc1. The molecule has 0 saturated heterocycles. The zero-order valence-electron chi connectivity index (χ0n) is 14.1. The quantitative estimate of drug-likeness (QED) is 0.651. The van der Waals surface area contributed by atoms with E-state index in [-0.39, 0.29) is 5.41 Å². The van der Waals surface area contributed by atoms with E-state index in [9.17, 15) is 5.26 Å². The lowest BCUT2D eigenvalue weighted by Gasteiger charge is -2.23. The first-order chi connectivity index (χ1) is 11.0. The van der Waals surface area contributed by atoms with Crippen molar-refractivity contribution in [3.8, 4) is 6.07 Å². The van der Waals surface area contributed by atoms with Crippen molar-refractivity contribution in [1.29, 1.82) is 5.26 Å². The third-order valence-electron chi connectivity index (χ3n) is 4.31. The second-order valence-electron chi connectivity index (χ2n) is 6.43. The third kappa shape index (κ3) is 4.09. The molecule has 0 aliphatic heterocycles. The minimum Gasteiger partial charge on any atom is -0.330 e. The van der Waals surface area contributed by atoms with Crippen LogP contribution in [0, 0.1) is 11.3 Å². The highest BCUT2D eigenvalue weighted by molar-refractivity contribution is 5.89. The maximum absolute atomic E-state index is 9.48. The Labute approximate surface area is 139 Å². The Morgan fingerprint density at radius 3 is 2.17 bits per heavy atom. The summed E-state index contributed by atoms with van der Waals surface area (Å²) < 4.78 is 0. The van der Waals surface area contributed by atoms with Crippen LogP contribution in [0.1, 0.15) is 43.0 Å². The minimum atomic E-state index is -0.0506. The summed E-state index contributed by atoms with van der Waals surface area (Å²) in [5.41, 5.74) is 10.9. The maximum atomic E-state index is 9.48. The normalized spacial score (nSPS) is 12.0. The molecule has 0 spiro atoms. The number of allylic oxidation sites excluding steroid dienone is 1. The molecule has 0 atom stereocenters. The van der Waals surface area contributed by atoms with Crippen molar-refractivity contribution in [2.24, 2.45) is 5.73 Å². The van der Waals surface area contributed by atoms with Gasteiger partial charge >= 0.3 is 0 Å². The second kappa shape index (κ2) is 7.26. The molecular weight excluding hydrogens is 280 g/mol. The van der Waals surface area contributed by atoms with Crippen LogP contribution in [0.2, 0.25) is 0 Å². The molecule has 2 heteroatoms. The van der Waals surface area contributed by atoms with Gasteiger partial charge in [0.1, 0.15) is 0 Å². The van der Waals surface area contributed by atoms with Crippen LogP contribution in [0.15, 0.2) is 48.5 Å². The van der Waals surface area contributed by atoms with Gasteiger partial charge in [0.2, 0.25) is 0 Å². The summed E-state index contributed by atoms with van der Waals surface area (Å²) in [6.45, 7) is 6.98. The van der Waals surface area contributed by atoms with Gasteiger partial charge in [-0.1, -0.05) is 69.3 Å². The highest BCUT2D eigenvalue weighted by Crippen LogP contribution is 2.25. The van der Waals surface area contributed by atoms with Crippen LogP contribution < -0.4 is 5.73 Å². The molecule has 2 aromatic rings. The van der Waals surface area contributed by atoms with Crippen LogP contribution in [0.25, 0.3) is 11.6 Å². The van der Waals surface area contributed by atoms with Gasteiger partial charge in [0, 0.05) is 12.0 Å². The molecule has 0 amide bonds. The van der Waals surface area contributed by atoms with Gasteiger partial charge in [-0.05, 0) is 34.8 Å². The standard InChI is InChI=1S/C21H24N2/c1-4-16-5-7-17(8-6-16)13-19(14-22)18-9-11-20(12-10-18)21(2,3)15-23/h5-13H,4,15,23H2,1-3H3/b19-13+. The molecule has 2 N–H and O–H groups in total. The van der Waals surface area contributed by atoms with E-state index < -0.39 is 0 Å². The van der Waals surface area contributed by atoms with Gasteiger partial charge in [-0.15, -0.1) is 0 Å². The molecule has 23 heavy (non-hydrogen) atoms. The molecule has 0 aromatic heterocycles. The predicted octanol–water partition coefficient (Wildman–Crippen LogP) is 4.55. The number of hydrogen-bond donors (Lipinski definition) is 1. The zero-order chi connectivity index (χ0) is 16.9. The predicted molar refractivity (Wildman–Crippen MR) is 97.8 cm³/mol. The van der Waals surface area contributed by atoms with Crippen molar-refractivity contribution in [2.75, 3.05) is 6.54 Å². The molecule has 0 bridgehead atoms. The van der Waals surface area contributed by atoms with Gasteiger partial charge in [-0.2, -0.15) is 5.26 Å². The number of hydrogen-bond acceptors (Lipinski definition) is 2. The van der Waals surface area contributed by atoms with Crippen LogP contribution in [0.4, 0.5) is 0 Å². The van der Waals surface area contributed by atoms with Gasteiger partial charge in [0.05, 0.1) is 11.6 Å². The number of nitrogens with two attached hydrogens (primary N) is 1. The van der Waals surface area contributed by atoms with E-state index in [0.29, 0.717) is 12.1 Å². The Balaban J connectivity index is 2.30. The number of rotatable bonds is 5. The molecular formula is C21H24N2. The van der Waals surface area contributed by atoms with E-state index >= 15 is 0 Å². The van der Waals surface area contributed by atoms with E-state index in [1.54, 1.807) is 0 Å². The molecule has 0 heterocycles. The van der Waals surface area contributed by atoms with Gasteiger partial charge in [0.15, 0.2) is 0 Å². The van der Waals surface area contributed by atoms with E-state index in [0.717, 1.165) is 17.5 Å². The lowest BCUT2D eigenvalue weighted by atomic mass is 9.84. The summed E-state index contributed by atoms with van der Waals surface area (Å²) in [4.78, 5) is 0. The largest absolute Gasteiger partial charge is 0.330 e. The Hall–Kier alpha value is -2.37. The summed E-state index contributed by atoms with van der Waals surface area (Å²) in [5.74, 6) is 0. The van der Waals surface area contributed by atoms with Crippen molar-refractivity contribution < 1.29 is 0 Å². The summed E-state index contributed by atoms with van der Waals surface area (Å²) in [6.07, 6.45) is 2.95. The Morgan fingerprint density at radius 2 is 1.70 bits per heavy atom. The number of nitriles is 1. The minimum absolute atomic E-state index is 0.0506. The number of aryl methyl sites for hydroxylation is 1. The molecule has 0 radical (unpaired) electrons. The Morgan fingerprint density at radius 1 is 1.09 bits per heavy atom. The van der Waals surface area contributed by atoms with Crippen LogP contribution in [-0.4, -0.2) is 6.54 Å². The lowest BCUT2D eigenvalue weighted by Crippen LogP contribution is -2.27. The Kier molecular flexibility index (Phi) is 5.36. The van der Waals surface area contributed by atoms with Gasteiger partial charge in [0.25, 0.3) is 0 Å². The maximum Gasteiger partial charge on any atom is 0.0998 e. The molecule has 118 valence electrons. The highest BCUT2D eigenvalue weighted by atomic mass is 14.6. The lowest BCUT2D eigenvalue weighted by molar-refractivity contribution is 0.539. The molecule has 0 saturated carbocycles. The smallest absolute Gasteiger partial charge is 0.0998 e. The van der Waals surface area contributed by atoms with Crippen molar-refractivity contribution in [3.63, 3.8) is 0 Å². The van der Waals surface area contributed by atoms with Crippen LogP contribution >= 0.6 is 0 Å². The molecule has 2 nitrogen and oxygen atoms in total. The average Bonchev–Trinajstić information content (AvgIpc) is 2.60. The van der Waals surface area contributed by atoms with Gasteiger partial charge in [-0.25, -0.2) is 0 Å². The van der Waals surface area contributed by atoms with Crippen molar-refractivity contribution in [2.45, 2.75) is 32.6 Å². The van der Waals surface area contributed by atoms with Crippen molar-refractivity contribution >= 4 is 11.6 Å². The monoisotopic (exact) mass is 304 g/mol. The van der Waals surface area contributed by atoms with E-state index in [2.05, 4.69) is 63.2 Å². The van der Waals surface area contributed by atoms with Crippen molar-refractivity contribution in [1.82, 2.24) is 0 Å². The van der Waals surface area contributed by atoms with Crippen LogP contribution in [0.3, 0.4) is 0 Å². The highest BCUT2D eigenvalue weighted by Gasteiger charge is 2.18. The van der Waals surface area contributed by atoms with Crippen molar-refractivity contribution in [3.05, 3.63) is 70.8 Å². The van der Waals surface area contributed by atoms with Crippen LogP contribution in [0.5, 0.6) is 0 Å². The first-order valence-corrected chi connectivity index (χ1v) is 8.02. The molecule has 0 unspecified atom stereocenters. The summed E-state index contributed by atoms with van der Waals surface area (Å²) >= 11 is 0. The van der Waals surface area contributed by atoms with Crippen LogP contribution in [-0.2, 0) is 11.8 Å². The molecule has 0 fully saturated rings. The second-order valence-corrected chi connectivity index (χ2v) is 6.43. The zero-order valence-corrected chi connectivity index (χ0v) is 14.1. The number of benzene rings is 2. The third-order valence-corrected chi connectivity index (χ3v) is 4.31. The Bertz CT molecular complexity index is 714. The molecule has 0 aliphatic rings. The summed E-state index contributed by atoms with van der Waals surface area (Å²) in [7, 11) is 0. The summed E-state index contributed by atoms with van der Waals surface area (Å²) in [5, 5.41) is 9.48. The number of nitrogens with zero attached hydrogens (tertiary/aromatic N) is 1. The molecule has 2 aromatic carbocycles. The van der Waals surface area contributed by atoms with Gasteiger partial charge in [-0.3, -0.25) is 0 Å². The first-order valence-electron chi connectivity index (χ1n) is 8.02. The molecule has 0 aliphatic carbocycles. The van der Waals surface area contributed by atoms with E-state index in [1.165, 1.54) is 11.1 Å². The fourth-order valence-corrected chi connectivity index (χ4v) is 2.42. The van der Waals surface area contributed by atoms with Gasteiger partial charge < -0.3 is 5.73 Å². The fourth-order valence-electron chi connectivity index (χ4n) is 2.42. The van der Waals surface area contributed by atoms with E-state index in [1.807, 2.05) is 18.2 Å². The average molecular weight is 304 g/mol. The summed E-state index contributed by atoms with van der Waals surface area (Å²) in [6, 6.07) is 18.8. The van der Waals surface area contributed by atoms with E-state index in [4.69, 9.17) is 5.73 Å². The topological polar surface area (TPSA) is 49.8 Å².